The van der Waals surface area contributed by atoms with Gasteiger partial charge in [0.05, 0.1) is 11.9 Å². The molecule has 140 valence electrons. The third kappa shape index (κ3) is 4.22. The molecule has 1 heterocycles. The number of para-hydroxylation sites is 1. The fourth-order valence-corrected chi connectivity index (χ4v) is 2.52. The van der Waals surface area contributed by atoms with Gasteiger partial charge >= 0.3 is 12.3 Å². The van der Waals surface area contributed by atoms with Crippen molar-refractivity contribution in [1.29, 1.82) is 0 Å². The minimum absolute atomic E-state index is 0.126. The highest BCUT2D eigenvalue weighted by atomic mass is 35.5. The van der Waals surface area contributed by atoms with Crippen LogP contribution in [-0.4, -0.2) is 15.9 Å². The molecule has 0 aliphatic rings. The lowest BCUT2D eigenvalue weighted by Crippen LogP contribution is -2.20. The van der Waals surface area contributed by atoms with Crippen molar-refractivity contribution in [1.82, 2.24) is 9.78 Å². The lowest BCUT2D eigenvalue weighted by Gasteiger charge is -2.13. The monoisotopic (exact) mass is 395 g/mol. The first-order valence-corrected chi connectivity index (χ1v) is 8.09. The summed E-state index contributed by atoms with van der Waals surface area (Å²) in [4.78, 5) is 12.0. The quantitative estimate of drug-likeness (QED) is 0.640. The van der Waals surface area contributed by atoms with Crippen molar-refractivity contribution in [3.63, 3.8) is 0 Å². The van der Waals surface area contributed by atoms with Gasteiger partial charge in [0.2, 0.25) is 0 Å². The third-order valence-corrected chi connectivity index (χ3v) is 3.91. The van der Waals surface area contributed by atoms with E-state index in [0.717, 1.165) is 11.8 Å². The van der Waals surface area contributed by atoms with Crippen molar-refractivity contribution in [3.8, 4) is 11.4 Å². The molecule has 0 saturated heterocycles. The second-order valence-electron chi connectivity index (χ2n) is 5.57. The number of carbonyl (C=O) groups is 1. The van der Waals surface area contributed by atoms with Crippen LogP contribution >= 0.6 is 11.6 Å². The van der Waals surface area contributed by atoms with Crippen LogP contribution < -0.4 is 10.1 Å². The maximum Gasteiger partial charge on any atom is 0.437 e. The highest BCUT2D eigenvalue weighted by Gasteiger charge is 2.40. The summed E-state index contributed by atoms with van der Waals surface area (Å²) < 4.78 is 46.2. The maximum atomic E-state index is 13.5. The second kappa shape index (κ2) is 7.32. The minimum Gasteiger partial charge on any atom is -0.406 e. The number of aromatic nitrogens is 2. The maximum absolute atomic E-state index is 13.5. The Labute approximate surface area is 157 Å². The molecule has 3 rings (SSSR count). The second-order valence-corrected chi connectivity index (χ2v) is 6.01. The Morgan fingerprint density at radius 3 is 2.44 bits per heavy atom. The molecule has 1 N–H and O–H groups in total. The van der Waals surface area contributed by atoms with Crippen LogP contribution in [0.15, 0.2) is 54.7 Å². The predicted octanol–water partition coefficient (Wildman–Crippen LogP) is 5.46. The number of aryl methyl sites for hydroxylation is 1. The topological polar surface area (TPSA) is 56.1 Å². The summed E-state index contributed by atoms with van der Waals surface area (Å²) in [6, 6.07) is 12.4. The predicted molar refractivity (Wildman–Crippen MR) is 94.4 cm³/mol. The molecule has 0 fully saturated rings. The standard InChI is InChI=1S/C18H13ClF3N3O2/c1-11-4-2-3-5-14(11)24-17(26)27-15-10-23-25(16(15)18(20,21)22)13-8-6-12(19)7-9-13/h2-10H,1H3,(H,24,26). The number of alkyl halides is 3. The zero-order valence-electron chi connectivity index (χ0n) is 13.9. The summed E-state index contributed by atoms with van der Waals surface area (Å²) in [5, 5.41) is 6.49. The largest absolute Gasteiger partial charge is 0.437 e. The molecule has 0 bridgehead atoms. The van der Waals surface area contributed by atoms with E-state index < -0.39 is 23.7 Å². The highest BCUT2D eigenvalue weighted by Crippen LogP contribution is 2.37. The van der Waals surface area contributed by atoms with Gasteiger partial charge in [-0.1, -0.05) is 29.8 Å². The van der Waals surface area contributed by atoms with Gasteiger partial charge in [0.15, 0.2) is 11.4 Å². The number of carbonyl (C=O) groups excluding carboxylic acids is 1. The molecule has 0 aliphatic carbocycles. The van der Waals surface area contributed by atoms with E-state index in [2.05, 4.69) is 10.4 Å². The van der Waals surface area contributed by atoms with Crippen molar-refractivity contribution in [2.24, 2.45) is 0 Å². The minimum atomic E-state index is -4.80. The number of rotatable bonds is 3. The summed E-state index contributed by atoms with van der Waals surface area (Å²) >= 11 is 5.76. The molecule has 0 aliphatic heterocycles. The van der Waals surface area contributed by atoms with E-state index in [9.17, 15) is 18.0 Å². The molecule has 5 nitrogen and oxygen atoms in total. The number of hydrogen-bond acceptors (Lipinski definition) is 3. The van der Waals surface area contributed by atoms with Gasteiger partial charge in [-0.15, -0.1) is 0 Å². The Morgan fingerprint density at radius 2 is 1.81 bits per heavy atom. The van der Waals surface area contributed by atoms with Crippen molar-refractivity contribution in [3.05, 3.63) is 71.0 Å². The lowest BCUT2D eigenvalue weighted by atomic mass is 10.2. The lowest BCUT2D eigenvalue weighted by molar-refractivity contribution is -0.143. The van der Waals surface area contributed by atoms with Gasteiger partial charge in [-0.3, -0.25) is 5.32 Å². The van der Waals surface area contributed by atoms with E-state index in [4.69, 9.17) is 16.3 Å². The van der Waals surface area contributed by atoms with E-state index in [-0.39, 0.29) is 5.69 Å². The average molecular weight is 396 g/mol. The fourth-order valence-electron chi connectivity index (χ4n) is 2.39. The SMILES string of the molecule is Cc1ccccc1NC(=O)Oc1cnn(-c2ccc(Cl)cc2)c1C(F)(F)F. The summed E-state index contributed by atoms with van der Waals surface area (Å²) in [7, 11) is 0. The van der Waals surface area contributed by atoms with Crippen LogP contribution in [0.5, 0.6) is 5.75 Å². The molecule has 2 aromatic carbocycles. The number of ether oxygens (including phenoxy) is 1. The zero-order valence-corrected chi connectivity index (χ0v) is 14.7. The highest BCUT2D eigenvalue weighted by molar-refractivity contribution is 6.30. The zero-order chi connectivity index (χ0) is 19.6. The molecule has 0 atom stereocenters. The fraction of sp³-hybridized carbons (Fsp3) is 0.111. The molecule has 1 amide bonds. The third-order valence-electron chi connectivity index (χ3n) is 3.66. The van der Waals surface area contributed by atoms with E-state index in [1.54, 1.807) is 31.2 Å². The molecular weight excluding hydrogens is 383 g/mol. The molecule has 0 spiro atoms. The van der Waals surface area contributed by atoms with Gasteiger partial charge in [-0.25, -0.2) is 9.48 Å². The molecule has 0 unspecified atom stereocenters. The normalized spacial score (nSPS) is 11.3. The van der Waals surface area contributed by atoms with Crippen LogP contribution in [0.25, 0.3) is 5.69 Å². The summed E-state index contributed by atoms with van der Waals surface area (Å²) in [5.41, 5.74) is 0.0918. The average Bonchev–Trinajstić information content (AvgIpc) is 3.01. The van der Waals surface area contributed by atoms with Crippen LogP contribution in [0.1, 0.15) is 11.3 Å². The molecule has 0 saturated carbocycles. The van der Waals surface area contributed by atoms with E-state index in [1.807, 2.05) is 0 Å². The number of amides is 1. The van der Waals surface area contributed by atoms with Crippen LogP contribution in [-0.2, 0) is 6.18 Å². The van der Waals surface area contributed by atoms with Crippen molar-refractivity contribution in [2.75, 3.05) is 5.32 Å². The number of anilines is 1. The molecule has 1 aromatic heterocycles. The summed E-state index contributed by atoms with van der Waals surface area (Å²) in [6.45, 7) is 1.75. The Morgan fingerprint density at radius 1 is 1.15 bits per heavy atom. The Balaban J connectivity index is 1.90. The summed E-state index contributed by atoms with van der Waals surface area (Å²) in [5.74, 6) is -0.705. The van der Waals surface area contributed by atoms with Gasteiger partial charge in [0, 0.05) is 10.7 Å². The number of hydrogen-bond donors (Lipinski definition) is 1. The number of halogens is 4. The number of benzene rings is 2. The van der Waals surface area contributed by atoms with E-state index in [0.29, 0.717) is 15.4 Å². The Hall–Kier alpha value is -3.00. The first-order chi connectivity index (χ1) is 12.8. The van der Waals surface area contributed by atoms with Crippen LogP contribution in [0.2, 0.25) is 5.02 Å². The molecule has 0 radical (unpaired) electrons. The van der Waals surface area contributed by atoms with Crippen LogP contribution in [0, 0.1) is 6.92 Å². The number of nitrogens with zero attached hydrogens (tertiary/aromatic N) is 2. The van der Waals surface area contributed by atoms with Gasteiger partial charge in [-0.2, -0.15) is 18.3 Å². The van der Waals surface area contributed by atoms with Gasteiger partial charge in [-0.05, 0) is 42.8 Å². The van der Waals surface area contributed by atoms with Crippen molar-refractivity contribution >= 4 is 23.4 Å². The van der Waals surface area contributed by atoms with Gasteiger partial charge in [0.25, 0.3) is 0 Å². The Kier molecular flexibility index (Phi) is 5.09. The van der Waals surface area contributed by atoms with Crippen molar-refractivity contribution in [2.45, 2.75) is 13.1 Å². The molecule has 3 aromatic rings. The number of nitrogens with one attached hydrogen (secondary N) is 1. The summed E-state index contributed by atoms with van der Waals surface area (Å²) in [6.07, 6.45) is -5.01. The van der Waals surface area contributed by atoms with E-state index >= 15 is 0 Å². The Bertz CT molecular complexity index is 969. The molecular formula is C18H13ClF3N3O2. The van der Waals surface area contributed by atoms with Gasteiger partial charge in [0.1, 0.15) is 0 Å². The first kappa shape index (κ1) is 18.8. The van der Waals surface area contributed by atoms with Crippen LogP contribution in [0.3, 0.4) is 0 Å². The smallest absolute Gasteiger partial charge is 0.406 e. The first-order valence-electron chi connectivity index (χ1n) is 7.71. The van der Waals surface area contributed by atoms with E-state index in [1.165, 1.54) is 24.3 Å². The molecule has 27 heavy (non-hydrogen) atoms. The van der Waals surface area contributed by atoms with Crippen LogP contribution in [0.4, 0.5) is 23.7 Å². The molecule has 9 heteroatoms. The van der Waals surface area contributed by atoms with Gasteiger partial charge < -0.3 is 4.74 Å². The van der Waals surface area contributed by atoms with Crippen molar-refractivity contribution < 1.29 is 22.7 Å².